The van der Waals surface area contributed by atoms with Gasteiger partial charge in [-0.3, -0.25) is 0 Å². The van der Waals surface area contributed by atoms with E-state index >= 15 is 0 Å². The smallest absolute Gasteiger partial charge is 0.159 e. The zero-order valence-electron chi connectivity index (χ0n) is 34.4. The van der Waals surface area contributed by atoms with Crippen LogP contribution in [0.4, 0.5) is 0 Å². The molecule has 3 nitrogen and oxygen atoms in total. The van der Waals surface area contributed by atoms with E-state index in [1.807, 2.05) is 19.1 Å². The summed E-state index contributed by atoms with van der Waals surface area (Å²) in [5.41, 5.74) is 15.7. The van der Waals surface area contributed by atoms with Crippen molar-refractivity contribution in [2.75, 3.05) is 0 Å². The lowest BCUT2D eigenvalue weighted by atomic mass is 10.0. The molecular formula is C59H42N2O. The molecule has 0 aliphatic carbocycles. The Morgan fingerprint density at radius 2 is 0.871 bits per heavy atom. The molecule has 0 aliphatic rings. The average molecular weight is 795 g/mol. The number of para-hydroxylation sites is 2. The van der Waals surface area contributed by atoms with Gasteiger partial charge < -0.3 is 13.6 Å². The van der Waals surface area contributed by atoms with Crippen LogP contribution in [0.25, 0.3) is 110 Å². The van der Waals surface area contributed by atoms with Crippen molar-refractivity contribution in [3.05, 3.63) is 231 Å². The van der Waals surface area contributed by atoms with Crippen LogP contribution in [-0.2, 0) is 0 Å². The quantitative estimate of drug-likeness (QED) is 0.154. The predicted octanol–water partition coefficient (Wildman–Crippen LogP) is 16.5. The van der Waals surface area contributed by atoms with E-state index in [1.165, 1.54) is 66.0 Å². The molecule has 0 fully saturated rings. The van der Waals surface area contributed by atoms with Gasteiger partial charge in [0.05, 0.1) is 27.8 Å². The van der Waals surface area contributed by atoms with E-state index in [-0.39, 0.29) is 0 Å². The zero-order valence-corrected chi connectivity index (χ0v) is 34.4. The maximum Gasteiger partial charge on any atom is 0.159 e. The third-order valence-corrected chi connectivity index (χ3v) is 12.0. The SMILES string of the molecule is C=C/C=C\C.c1ccc(-c2ccc3c(c2)c2ccccc2n3-c2ccc3oc4c(-n5c6ccc(-c7ccccc7)cc6c6cc(-c7ccccc7)ccc65)cccc4c3c2)cc1. The second-order valence-electron chi connectivity index (χ2n) is 15.7. The topological polar surface area (TPSA) is 23.0 Å². The molecule has 3 aromatic heterocycles. The minimum atomic E-state index is 0.867. The summed E-state index contributed by atoms with van der Waals surface area (Å²) in [6.07, 6.45) is 5.58. The molecule has 0 atom stereocenters. The number of nitrogens with zero attached hydrogens (tertiary/aromatic N) is 2. The summed E-state index contributed by atoms with van der Waals surface area (Å²) in [5.74, 6) is 0. The first-order valence-corrected chi connectivity index (χ1v) is 21.2. The Morgan fingerprint density at radius 3 is 1.40 bits per heavy atom. The number of furan rings is 1. The largest absolute Gasteiger partial charge is 0.454 e. The maximum absolute atomic E-state index is 6.87. The van der Waals surface area contributed by atoms with Gasteiger partial charge in [0.1, 0.15) is 5.58 Å². The highest BCUT2D eigenvalue weighted by Crippen LogP contribution is 2.42. The molecular weight excluding hydrogens is 753 g/mol. The standard InChI is InChI=1S/C54H34N2O.C5H8/c1-4-13-35(14-5-1)38-23-27-49-44(31-38)42-19-10-11-21-48(42)55(49)41-26-30-53-47(34-41)43-20-12-22-52(54(43)57-53)56-50-28-24-39(36-15-6-2-7-16-36)32-45(50)46-33-40(25-29-51(46)56)37-17-8-3-9-18-37;1-3-5-4-2/h1-34H;3-5H,1H2,2H3/b;5-4-. The Morgan fingerprint density at radius 1 is 0.387 bits per heavy atom. The van der Waals surface area contributed by atoms with Gasteiger partial charge in [-0.15, -0.1) is 0 Å². The number of benzene rings is 9. The van der Waals surface area contributed by atoms with Crippen molar-refractivity contribution >= 4 is 65.6 Å². The first kappa shape index (κ1) is 36.9. The molecule has 0 unspecified atom stereocenters. The predicted molar refractivity (Wildman–Crippen MR) is 264 cm³/mol. The summed E-state index contributed by atoms with van der Waals surface area (Å²) in [6, 6.07) is 74.4. The van der Waals surface area contributed by atoms with E-state index in [4.69, 9.17) is 4.42 Å². The number of aromatic nitrogens is 2. The molecule has 9 aromatic carbocycles. The Kier molecular flexibility index (Phi) is 9.21. The van der Waals surface area contributed by atoms with E-state index in [2.05, 4.69) is 222 Å². The van der Waals surface area contributed by atoms with E-state index < -0.39 is 0 Å². The molecule has 0 saturated heterocycles. The maximum atomic E-state index is 6.87. The molecule has 0 aliphatic heterocycles. The lowest BCUT2D eigenvalue weighted by molar-refractivity contribution is 0.666. The molecule has 3 heterocycles. The molecule has 12 rings (SSSR count). The van der Waals surface area contributed by atoms with Crippen LogP contribution >= 0.6 is 0 Å². The van der Waals surface area contributed by atoms with Crippen molar-refractivity contribution in [3.63, 3.8) is 0 Å². The van der Waals surface area contributed by atoms with Crippen LogP contribution in [0.5, 0.6) is 0 Å². The molecule has 0 amide bonds. The van der Waals surface area contributed by atoms with Gasteiger partial charge in [0.15, 0.2) is 5.58 Å². The van der Waals surface area contributed by atoms with Gasteiger partial charge in [0, 0.05) is 38.0 Å². The highest BCUT2D eigenvalue weighted by molar-refractivity contribution is 6.15. The second kappa shape index (κ2) is 15.5. The van der Waals surface area contributed by atoms with Crippen LogP contribution in [0, 0.1) is 0 Å². The highest BCUT2D eigenvalue weighted by Gasteiger charge is 2.20. The Bertz CT molecular complexity index is 3550. The summed E-state index contributed by atoms with van der Waals surface area (Å²) in [7, 11) is 0. The van der Waals surface area contributed by atoms with Crippen LogP contribution in [0.1, 0.15) is 6.92 Å². The van der Waals surface area contributed by atoms with Crippen LogP contribution in [0.3, 0.4) is 0 Å². The number of hydrogen-bond donors (Lipinski definition) is 0. The fourth-order valence-corrected chi connectivity index (χ4v) is 9.19. The van der Waals surface area contributed by atoms with Crippen molar-refractivity contribution in [2.45, 2.75) is 6.92 Å². The van der Waals surface area contributed by atoms with E-state index in [9.17, 15) is 0 Å². The zero-order chi connectivity index (χ0) is 41.6. The number of allylic oxidation sites excluding steroid dienone is 3. The van der Waals surface area contributed by atoms with Crippen molar-refractivity contribution < 1.29 is 4.42 Å². The van der Waals surface area contributed by atoms with E-state index in [0.29, 0.717) is 0 Å². The van der Waals surface area contributed by atoms with Crippen LogP contribution in [0.15, 0.2) is 235 Å². The van der Waals surface area contributed by atoms with Crippen molar-refractivity contribution in [1.82, 2.24) is 9.13 Å². The number of fused-ring (bicyclic) bond motifs is 9. The van der Waals surface area contributed by atoms with Gasteiger partial charge in [-0.1, -0.05) is 164 Å². The first-order chi connectivity index (χ1) is 30.7. The molecule has 62 heavy (non-hydrogen) atoms. The molecule has 0 saturated carbocycles. The lowest BCUT2D eigenvalue weighted by Gasteiger charge is -2.10. The highest BCUT2D eigenvalue weighted by atomic mass is 16.3. The minimum Gasteiger partial charge on any atom is -0.454 e. The summed E-state index contributed by atoms with van der Waals surface area (Å²) < 4.78 is 11.7. The monoisotopic (exact) mass is 794 g/mol. The van der Waals surface area contributed by atoms with Gasteiger partial charge in [-0.25, -0.2) is 0 Å². The third kappa shape index (κ3) is 6.22. The Balaban J connectivity index is 0.000000820. The molecule has 0 radical (unpaired) electrons. The summed E-state index contributed by atoms with van der Waals surface area (Å²) in [5, 5.41) is 7.08. The minimum absolute atomic E-state index is 0.867. The molecule has 0 N–H and O–H groups in total. The van der Waals surface area contributed by atoms with Crippen LogP contribution in [0.2, 0.25) is 0 Å². The van der Waals surface area contributed by atoms with Gasteiger partial charge >= 0.3 is 0 Å². The Labute approximate surface area is 360 Å². The van der Waals surface area contributed by atoms with Gasteiger partial charge in [0.2, 0.25) is 0 Å². The van der Waals surface area contributed by atoms with E-state index in [1.54, 1.807) is 6.08 Å². The molecule has 3 heteroatoms. The fraction of sp³-hybridized carbons (Fsp3) is 0.0169. The molecule has 294 valence electrons. The van der Waals surface area contributed by atoms with E-state index in [0.717, 1.165) is 44.3 Å². The third-order valence-electron chi connectivity index (χ3n) is 12.0. The number of hydrogen-bond acceptors (Lipinski definition) is 1. The first-order valence-electron chi connectivity index (χ1n) is 21.2. The molecule has 12 aromatic rings. The Hall–Kier alpha value is -8.14. The van der Waals surface area contributed by atoms with Crippen molar-refractivity contribution in [1.29, 1.82) is 0 Å². The molecule has 0 bridgehead atoms. The average Bonchev–Trinajstić information content (AvgIpc) is 3.99. The summed E-state index contributed by atoms with van der Waals surface area (Å²) in [6.45, 7) is 5.42. The van der Waals surface area contributed by atoms with Crippen LogP contribution in [-0.4, -0.2) is 9.13 Å². The van der Waals surface area contributed by atoms with Gasteiger partial charge in [0.25, 0.3) is 0 Å². The lowest BCUT2D eigenvalue weighted by Crippen LogP contribution is -1.94. The van der Waals surface area contributed by atoms with Crippen molar-refractivity contribution in [3.8, 4) is 44.8 Å². The fourth-order valence-electron chi connectivity index (χ4n) is 9.19. The second-order valence-corrected chi connectivity index (χ2v) is 15.7. The summed E-state index contributed by atoms with van der Waals surface area (Å²) >= 11 is 0. The van der Waals surface area contributed by atoms with Gasteiger partial charge in [-0.2, -0.15) is 0 Å². The normalized spacial score (nSPS) is 11.6. The van der Waals surface area contributed by atoms with Crippen molar-refractivity contribution in [2.24, 2.45) is 0 Å². The molecule has 0 spiro atoms. The van der Waals surface area contributed by atoms with Crippen LogP contribution < -0.4 is 0 Å². The number of rotatable bonds is 6. The van der Waals surface area contributed by atoms with Gasteiger partial charge in [-0.05, 0) is 107 Å². The summed E-state index contributed by atoms with van der Waals surface area (Å²) in [4.78, 5) is 0.